The zero-order valence-electron chi connectivity index (χ0n) is 17.3. The maximum Gasteiger partial charge on any atom is 0.393 e. The second-order valence-electron chi connectivity index (χ2n) is 8.15. The van der Waals surface area contributed by atoms with Crippen LogP contribution in [0.1, 0.15) is 33.6 Å². The summed E-state index contributed by atoms with van der Waals surface area (Å²) in [4.78, 5) is 23.8. The van der Waals surface area contributed by atoms with Gasteiger partial charge in [0.2, 0.25) is 0 Å². The smallest absolute Gasteiger partial charge is 0.292 e. The summed E-state index contributed by atoms with van der Waals surface area (Å²) in [6.07, 6.45) is -9.83. The van der Waals surface area contributed by atoms with E-state index in [9.17, 15) is 35.9 Å². The van der Waals surface area contributed by atoms with Gasteiger partial charge in [-0.1, -0.05) is 60.7 Å². The summed E-state index contributed by atoms with van der Waals surface area (Å²) in [5.41, 5.74) is -3.50. The van der Waals surface area contributed by atoms with E-state index in [1.54, 1.807) is 36.4 Å². The third-order valence-electron chi connectivity index (χ3n) is 5.99. The number of carbonyl (C=O) groups excluding carboxylic acids is 2. The summed E-state index contributed by atoms with van der Waals surface area (Å²) in [5.74, 6) is -5.12. The molecule has 0 bridgehead atoms. The van der Waals surface area contributed by atoms with Crippen LogP contribution in [-0.2, 0) is 0 Å². The van der Waals surface area contributed by atoms with Crippen LogP contribution in [0.3, 0.4) is 0 Å². The van der Waals surface area contributed by atoms with E-state index in [-0.39, 0.29) is 11.1 Å². The molecule has 2 fully saturated rings. The van der Waals surface area contributed by atoms with Gasteiger partial charge in [-0.05, 0) is 12.8 Å². The maximum atomic E-state index is 12.5. The van der Waals surface area contributed by atoms with Gasteiger partial charge in [-0.15, -0.1) is 0 Å². The molecule has 2 saturated carbocycles. The van der Waals surface area contributed by atoms with Gasteiger partial charge in [0.15, 0.2) is 11.6 Å². The molecule has 2 aromatic rings. The summed E-state index contributed by atoms with van der Waals surface area (Å²) in [6.45, 7) is 0. The number of nitrogens with zero attached hydrogens (tertiary/aromatic N) is 2. The number of Topliss-reactive ketones (excluding diaryl/α,β-unsaturated/α-hetero) is 2. The summed E-state index contributed by atoms with van der Waals surface area (Å²) in [5, 5.41) is 17.7. The molecule has 0 aromatic heterocycles. The zero-order chi connectivity index (χ0) is 25.4. The first kappa shape index (κ1) is 25.0. The fourth-order valence-corrected chi connectivity index (χ4v) is 3.86. The highest BCUT2D eigenvalue weighted by Crippen LogP contribution is 2.62. The van der Waals surface area contributed by atoms with Crippen LogP contribution in [0.15, 0.2) is 60.7 Å². The molecule has 2 aliphatic rings. The predicted octanol–water partition coefficient (Wildman–Crippen LogP) is 5.92. The molecule has 4 atom stereocenters. The van der Waals surface area contributed by atoms with Crippen LogP contribution >= 0.6 is 0 Å². The Morgan fingerprint density at radius 3 is 1.18 bits per heavy atom. The van der Waals surface area contributed by atoms with Crippen molar-refractivity contribution in [2.24, 2.45) is 22.7 Å². The Morgan fingerprint density at radius 1 is 0.676 bits per heavy atom. The Hall–Kier alpha value is -3.66. The summed E-state index contributed by atoms with van der Waals surface area (Å²) >= 11 is 0. The lowest BCUT2D eigenvalue weighted by atomic mass is 9.93. The summed E-state index contributed by atoms with van der Waals surface area (Å²) < 4.78 is 75.0. The van der Waals surface area contributed by atoms with Crippen molar-refractivity contribution in [3.05, 3.63) is 71.8 Å². The highest BCUT2D eigenvalue weighted by Gasteiger charge is 2.72. The number of carbonyl (C=O) groups is 2. The van der Waals surface area contributed by atoms with Gasteiger partial charge in [0.05, 0.1) is 24.0 Å². The molecular weight excluding hydrogens is 462 g/mol. The second kappa shape index (κ2) is 8.60. The molecule has 4 unspecified atom stereocenters. The number of alkyl halides is 6. The number of halogens is 6. The van der Waals surface area contributed by atoms with Gasteiger partial charge in [-0.25, -0.2) is 0 Å². The molecular formula is C24H16F6N2O2. The van der Waals surface area contributed by atoms with Crippen molar-refractivity contribution in [3.63, 3.8) is 0 Å². The van der Waals surface area contributed by atoms with E-state index in [1.165, 1.54) is 36.4 Å². The van der Waals surface area contributed by atoms with Crippen molar-refractivity contribution in [3.8, 4) is 12.1 Å². The quantitative estimate of drug-likeness (QED) is 0.403. The first-order valence-corrected chi connectivity index (χ1v) is 9.99. The minimum absolute atomic E-state index is 0.154. The molecule has 176 valence electrons. The number of nitriles is 2. The number of rotatable bonds is 4. The molecule has 0 aliphatic heterocycles. The molecule has 10 heteroatoms. The van der Waals surface area contributed by atoms with E-state index in [0.717, 1.165) is 0 Å². The third kappa shape index (κ3) is 4.54. The zero-order valence-corrected chi connectivity index (χ0v) is 17.3. The Bertz CT molecular complexity index is 1070. The summed E-state index contributed by atoms with van der Waals surface area (Å²) in [6, 6.07) is 18.3. The van der Waals surface area contributed by atoms with Crippen LogP contribution in [0.2, 0.25) is 0 Å². The number of benzene rings is 2. The highest BCUT2D eigenvalue weighted by atomic mass is 19.4. The largest absolute Gasteiger partial charge is 0.393 e. The third-order valence-corrected chi connectivity index (χ3v) is 5.99. The fraction of sp³-hybridized carbons (Fsp3) is 0.333. The van der Waals surface area contributed by atoms with E-state index in [4.69, 9.17) is 10.5 Å². The number of hydrogen-bond donors (Lipinski definition) is 0. The van der Waals surface area contributed by atoms with E-state index >= 15 is 0 Å². The monoisotopic (exact) mass is 478 g/mol. The van der Waals surface area contributed by atoms with Gasteiger partial charge in [0, 0.05) is 11.1 Å². The van der Waals surface area contributed by atoms with E-state index in [1.807, 2.05) is 0 Å². The van der Waals surface area contributed by atoms with Crippen molar-refractivity contribution in [2.75, 3.05) is 0 Å². The predicted molar refractivity (Wildman–Crippen MR) is 106 cm³/mol. The Labute approximate surface area is 190 Å². The van der Waals surface area contributed by atoms with E-state index in [0.29, 0.717) is 0 Å². The lowest BCUT2D eigenvalue weighted by molar-refractivity contribution is -0.152. The number of ketones is 2. The fourth-order valence-electron chi connectivity index (χ4n) is 3.86. The summed E-state index contributed by atoms with van der Waals surface area (Å²) in [7, 11) is 0. The van der Waals surface area contributed by atoms with Gasteiger partial charge < -0.3 is 0 Å². The van der Waals surface area contributed by atoms with Gasteiger partial charge in [0.25, 0.3) is 0 Å². The van der Waals surface area contributed by atoms with Crippen molar-refractivity contribution in [1.82, 2.24) is 0 Å². The molecule has 0 radical (unpaired) electrons. The molecule has 4 nitrogen and oxygen atoms in total. The average Bonchev–Trinajstić information content (AvgIpc) is 3.72. The molecule has 0 spiro atoms. The topological polar surface area (TPSA) is 81.7 Å². The van der Waals surface area contributed by atoms with Crippen LogP contribution in [0, 0.1) is 45.3 Å². The minimum Gasteiger partial charge on any atom is -0.292 e. The first-order valence-electron chi connectivity index (χ1n) is 9.99. The van der Waals surface area contributed by atoms with Crippen LogP contribution in [0.25, 0.3) is 0 Å². The lowest BCUT2D eigenvalue weighted by Crippen LogP contribution is -2.23. The molecule has 0 amide bonds. The van der Waals surface area contributed by atoms with Gasteiger partial charge in [0.1, 0.15) is 10.8 Å². The van der Waals surface area contributed by atoms with Gasteiger partial charge in [-0.2, -0.15) is 36.9 Å². The van der Waals surface area contributed by atoms with Crippen molar-refractivity contribution < 1.29 is 35.9 Å². The van der Waals surface area contributed by atoms with Crippen LogP contribution in [0.5, 0.6) is 0 Å². The normalized spacial score (nSPS) is 27.3. The standard InChI is InChI=1S/2C12H8F3NO/c2*13-12(14,15)9-6-11(9,7-16)10(17)8-4-2-1-3-5-8/h2*1-5,9H,6H2. The maximum absolute atomic E-state index is 12.5. The molecule has 2 aromatic carbocycles. The Kier molecular flexibility index (Phi) is 6.32. The molecule has 0 saturated heterocycles. The lowest BCUT2D eigenvalue weighted by Gasteiger charge is -2.10. The molecule has 4 rings (SSSR count). The van der Waals surface area contributed by atoms with Gasteiger partial charge >= 0.3 is 12.4 Å². The van der Waals surface area contributed by atoms with E-state index in [2.05, 4.69) is 0 Å². The Balaban J connectivity index is 0.000000191. The van der Waals surface area contributed by atoms with E-state index < -0.39 is 59.4 Å². The van der Waals surface area contributed by atoms with Gasteiger partial charge in [-0.3, -0.25) is 9.59 Å². The first-order chi connectivity index (χ1) is 15.8. The van der Waals surface area contributed by atoms with Crippen molar-refractivity contribution >= 4 is 11.6 Å². The minimum atomic E-state index is -4.49. The number of hydrogen-bond acceptors (Lipinski definition) is 4. The highest BCUT2D eigenvalue weighted by molar-refractivity contribution is 6.05. The SMILES string of the molecule is N#CC1(C(=O)c2ccccc2)CC1C(F)(F)F.N#CC1(C(=O)c2ccccc2)CC1C(F)(F)F. The average molecular weight is 478 g/mol. The Morgan fingerprint density at radius 2 is 0.971 bits per heavy atom. The molecule has 0 N–H and O–H groups in total. The molecule has 34 heavy (non-hydrogen) atoms. The van der Waals surface area contributed by atoms with Crippen molar-refractivity contribution in [2.45, 2.75) is 25.2 Å². The van der Waals surface area contributed by atoms with Crippen LogP contribution in [-0.4, -0.2) is 23.9 Å². The molecule has 0 heterocycles. The van der Waals surface area contributed by atoms with Crippen LogP contribution in [0.4, 0.5) is 26.3 Å². The van der Waals surface area contributed by atoms with Crippen LogP contribution < -0.4 is 0 Å². The second-order valence-corrected chi connectivity index (χ2v) is 8.15. The van der Waals surface area contributed by atoms with Crippen molar-refractivity contribution in [1.29, 1.82) is 10.5 Å². The molecule has 2 aliphatic carbocycles.